The molecule has 70 valence electrons. The van der Waals surface area contributed by atoms with E-state index in [1.54, 1.807) is 6.20 Å². The molecule has 0 aliphatic heterocycles. The number of nitrogens with one attached hydrogen (secondary N) is 2. The molecule has 0 amide bonds. The van der Waals surface area contributed by atoms with Crippen molar-refractivity contribution in [3.05, 3.63) is 17.4 Å². The van der Waals surface area contributed by atoms with Gasteiger partial charge >= 0.3 is 0 Å². The van der Waals surface area contributed by atoms with E-state index in [-0.39, 0.29) is 0 Å². The second kappa shape index (κ2) is 3.42. The summed E-state index contributed by atoms with van der Waals surface area (Å²) in [6.45, 7) is 0. The van der Waals surface area contributed by atoms with Crippen molar-refractivity contribution in [2.24, 2.45) is 0 Å². The molecule has 0 unspecified atom stereocenters. The van der Waals surface area contributed by atoms with E-state index in [0.29, 0.717) is 11.2 Å². The maximum absolute atomic E-state index is 5.80. The summed E-state index contributed by atoms with van der Waals surface area (Å²) in [7, 11) is 1.88. The first kappa shape index (κ1) is 8.63. The van der Waals surface area contributed by atoms with E-state index >= 15 is 0 Å². The minimum atomic E-state index is 0.530. The highest BCUT2D eigenvalue weighted by atomic mass is 35.5. The summed E-state index contributed by atoms with van der Waals surface area (Å²) in [5, 5.41) is 6.99. The molecular formula is C9H12ClN3. The number of anilines is 2. The van der Waals surface area contributed by atoms with Crippen LogP contribution in [0.15, 0.2) is 12.3 Å². The Morgan fingerprint density at radius 3 is 2.85 bits per heavy atom. The highest BCUT2D eigenvalue weighted by molar-refractivity contribution is 6.29. The third-order valence-electron chi connectivity index (χ3n) is 2.08. The number of nitrogens with zero attached hydrogens (tertiary/aromatic N) is 1. The van der Waals surface area contributed by atoms with Crippen LogP contribution in [0.4, 0.5) is 11.4 Å². The first-order valence-corrected chi connectivity index (χ1v) is 4.77. The average molecular weight is 198 g/mol. The van der Waals surface area contributed by atoms with E-state index in [1.807, 2.05) is 13.1 Å². The molecule has 0 saturated heterocycles. The quantitative estimate of drug-likeness (QED) is 0.731. The van der Waals surface area contributed by atoms with Gasteiger partial charge in [0.1, 0.15) is 5.15 Å². The number of rotatable bonds is 3. The second-order valence-electron chi connectivity index (χ2n) is 3.22. The largest absolute Gasteiger partial charge is 0.385 e. The van der Waals surface area contributed by atoms with Gasteiger partial charge in [-0.15, -0.1) is 0 Å². The van der Waals surface area contributed by atoms with Crippen molar-refractivity contribution in [1.82, 2.24) is 4.98 Å². The van der Waals surface area contributed by atoms with E-state index in [9.17, 15) is 0 Å². The van der Waals surface area contributed by atoms with E-state index in [1.165, 1.54) is 12.8 Å². The Hall–Kier alpha value is -0.960. The predicted octanol–water partition coefficient (Wildman–Crippen LogP) is 2.35. The normalized spacial score (nSPS) is 15.5. The monoisotopic (exact) mass is 197 g/mol. The molecule has 0 bridgehead atoms. The van der Waals surface area contributed by atoms with Gasteiger partial charge in [0.05, 0.1) is 17.6 Å². The van der Waals surface area contributed by atoms with Gasteiger partial charge in [-0.2, -0.15) is 0 Å². The van der Waals surface area contributed by atoms with Crippen LogP contribution in [0, 0.1) is 0 Å². The molecule has 13 heavy (non-hydrogen) atoms. The van der Waals surface area contributed by atoms with Gasteiger partial charge in [-0.3, -0.25) is 0 Å². The summed E-state index contributed by atoms with van der Waals surface area (Å²) < 4.78 is 0. The predicted molar refractivity (Wildman–Crippen MR) is 55.4 cm³/mol. The van der Waals surface area contributed by atoms with Crippen LogP contribution in [0.5, 0.6) is 0 Å². The number of hydrogen-bond donors (Lipinski definition) is 2. The van der Waals surface area contributed by atoms with Gasteiger partial charge in [-0.05, 0) is 12.8 Å². The molecule has 1 aromatic rings. The van der Waals surface area contributed by atoms with Crippen molar-refractivity contribution in [2.45, 2.75) is 18.9 Å². The number of aromatic nitrogens is 1. The Bertz CT molecular complexity index is 310. The van der Waals surface area contributed by atoms with Gasteiger partial charge in [0.15, 0.2) is 0 Å². The van der Waals surface area contributed by atoms with E-state index in [2.05, 4.69) is 15.6 Å². The fourth-order valence-corrected chi connectivity index (χ4v) is 1.35. The summed E-state index contributed by atoms with van der Waals surface area (Å²) in [6, 6.07) is 2.48. The maximum atomic E-state index is 5.80. The molecule has 0 spiro atoms. The molecule has 0 atom stereocenters. The molecule has 0 aromatic carbocycles. The highest BCUT2D eigenvalue weighted by Crippen LogP contribution is 2.30. The van der Waals surface area contributed by atoms with Gasteiger partial charge in [0, 0.05) is 19.2 Å². The maximum Gasteiger partial charge on any atom is 0.131 e. The summed E-state index contributed by atoms with van der Waals surface area (Å²) in [5.74, 6) is 0. The van der Waals surface area contributed by atoms with Crippen LogP contribution in [0.3, 0.4) is 0 Å². The molecule has 2 rings (SSSR count). The molecule has 4 heteroatoms. The van der Waals surface area contributed by atoms with Gasteiger partial charge in [-0.25, -0.2) is 4.98 Å². The van der Waals surface area contributed by atoms with Crippen LogP contribution in [-0.4, -0.2) is 18.1 Å². The fraction of sp³-hybridized carbons (Fsp3) is 0.444. The lowest BCUT2D eigenvalue weighted by Crippen LogP contribution is -2.04. The van der Waals surface area contributed by atoms with Crippen molar-refractivity contribution >= 4 is 23.0 Å². The smallest absolute Gasteiger partial charge is 0.131 e. The third-order valence-corrected chi connectivity index (χ3v) is 2.28. The van der Waals surface area contributed by atoms with Crippen LogP contribution in [-0.2, 0) is 0 Å². The molecule has 1 heterocycles. The zero-order chi connectivity index (χ0) is 9.26. The number of halogens is 1. The van der Waals surface area contributed by atoms with E-state index < -0.39 is 0 Å². The lowest BCUT2D eigenvalue weighted by Gasteiger charge is -2.10. The number of pyridine rings is 1. The first-order valence-electron chi connectivity index (χ1n) is 4.39. The Kier molecular flexibility index (Phi) is 2.27. The average Bonchev–Trinajstić information content (AvgIpc) is 2.89. The summed E-state index contributed by atoms with van der Waals surface area (Å²) in [5.41, 5.74) is 2.04. The molecule has 2 N–H and O–H groups in total. The summed E-state index contributed by atoms with van der Waals surface area (Å²) >= 11 is 5.80. The van der Waals surface area contributed by atoms with Crippen LogP contribution in [0.2, 0.25) is 5.15 Å². The third kappa shape index (κ3) is 2.04. The SMILES string of the molecule is CNc1cnc(Cl)cc1NC1CC1. The van der Waals surface area contributed by atoms with Crippen molar-refractivity contribution in [1.29, 1.82) is 0 Å². The van der Waals surface area contributed by atoms with E-state index in [0.717, 1.165) is 11.4 Å². The standard InChI is InChI=1S/C9H12ClN3/c1-11-8-5-12-9(10)4-7(8)13-6-2-3-6/h4-6,11H,2-3H2,1H3,(H,12,13). The van der Waals surface area contributed by atoms with Crippen molar-refractivity contribution in [2.75, 3.05) is 17.7 Å². The molecule has 3 nitrogen and oxygen atoms in total. The Morgan fingerprint density at radius 2 is 2.23 bits per heavy atom. The fourth-order valence-electron chi connectivity index (χ4n) is 1.20. The minimum absolute atomic E-state index is 0.530. The molecule has 0 radical (unpaired) electrons. The van der Waals surface area contributed by atoms with Crippen molar-refractivity contribution in [3.63, 3.8) is 0 Å². The van der Waals surface area contributed by atoms with Crippen LogP contribution in [0.25, 0.3) is 0 Å². The Balaban J connectivity index is 2.22. The molecule has 1 fully saturated rings. The molecular weight excluding hydrogens is 186 g/mol. The minimum Gasteiger partial charge on any atom is -0.385 e. The molecule has 1 aliphatic rings. The lowest BCUT2D eigenvalue weighted by atomic mass is 10.3. The van der Waals surface area contributed by atoms with Crippen LogP contribution >= 0.6 is 11.6 Å². The van der Waals surface area contributed by atoms with Crippen molar-refractivity contribution < 1.29 is 0 Å². The van der Waals surface area contributed by atoms with E-state index in [4.69, 9.17) is 11.6 Å². The van der Waals surface area contributed by atoms with Crippen LogP contribution in [0.1, 0.15) is 12.8 Å². The van der Waals surface area contributed by atoms with Gasteiger partial charge in [0.2, 0.25) is 0 Å². The summed E-state index contributed by atoms with van der Waals surface area (Å²) in [6.07, 6.45) is 4.25. The zero-order valence-corrected chi connectivity index (χ0v) is 8.23. The highest BCUT2D eigenvalue weighted by Gasteiger charge is 2.21. The second-order valence-corrected chi connectivity index (χ2v) is 3.61. The molecule has 1 aliphatic carbocycles. The lowest BCUT2D eigenvalue weighted by molar-refractivity contribution is 1.15. The zero-order valence-electron chi connectivity index (χ0n) is 7.47. The van der Waals surface area contributed by atoms with Crippen molar-refractivity contribution in [3.8, 4) is 0 Å². The number of hydrogen-bond acceptors (Lipinski definition) is 3. The summed E-state index contributed by atoms with van der Waals surface area (Å²) in [4.78, 5) is 4.00. The van der Waals surface area contributed by atoms with Crippen LogP contribution < -0.4 is 10.6 Å². The molecule has 1 saturated carbocycles. The topological polar surface area (TPSA) is 37.0 Å². The van der Waals surface area contributed by atoms with Gasteiger partial charge in [0.25, 0.3) is 0 Å². The Labute approximate surface area is 82.5 Å². The first-order chi connectivity index (χ1) is 6.29. The Morgan fingerprint density at radius 1 is 1.46 bits per heavy atom. The van der Waals surface area contributed by atoms with Gasteiger partial charge < -0.3 is 10.6 Å². The van der Waals surface area contributed by atoms with Gasteiger partial charge in [-0.1, -0.05) is 11.6 Å². The molecule has 1 aromatic heterocycles.